The van der Waals surface area contributed by atoms with Crippen molar-refractivity contribution in [2.45, 2.75) is 19.4 Å². The molecule has 3 aromatic rings. The van der Waals surface area contributed by atoms with Gasteiger partial charge in [-0.3, -0.25) is 9.67 Å². The molecule has 0 aliphatic carbocycles. The highest BCUT2D eigenvalue weighted by atomic mass is 15.4. The van der Waals surface area contributed by atoms with Crippen LogP contribution in [-0.2, 0) is 0 Å². The van der Waals surface area contributed by atoms with Crippen molar-refractivity contribution in [2.24, 2.45) is 0 Å². The summed E-state index contributed by atoms with van der Waals surface area (Å²) < 4.78 is 3.66. The maximum atomic E-state index is 4.62. The number of hydrogen-bond donors (Lipinski definition) is 0. The molecular formula is C14H16N8. The van der Waals surface area contributed by atoms with Gasteiger partial charge >= 0.3 is 0 Å². The second-order valence-electron chi connectivity index (χ2n) is 5.46. The maximum absolute atomic E-state index is 4.62. The van der Waals surface area contributed by atoms with Crippen molar-refractivity contribution in [3.05, 3.63) is 43.0 Å². The average molecular weight is 296 g/mol. The molecule has 0 bridgehead atoms. The number of hydrogen-bond acceptors (Lipinski definition) is 6. The van der Waals surface area contributed by atoms with Gasteiger partial charge in [-0.1, -0.05) is 0 Å². The summed E-state index contributed by atoms with van der Waals surface area (Å²) in [6.07, 6.45) is 11.6. The molecule has 1 unspecified atom stereocenters. The first-order valence-corrected chi connectivity index (χ1v) is 7.22. The fourth-order valence-corrected chi connectivity index (χ4v) is 2.73. The van der Waals surface area contributed by atoms with Crippen LogP contribution in [0.4, 0.5) is 5.82 Å². The fourth-order valence-electron chi connectivity index (χ4n) is 2.73. The van der Waals surface area contributed by atoms with Gasteiger partial charge in [0.15, 0.2) is 5.82 Å². The van der Waals surface area contributed by atoms with Crippen LogP contribution in [0.25, 0.3) is 5.82 Å². The van der Waals surface area contributed by atoms with E-state index in [2.05, 4.69) is 43.2 Å². The van der Waals surface area contributed by atoms with Crippen LogP contribution in [0.2, 0.25) is 0 Å². The molecule has 0 amide bonds. The maximum Gasteiger partial charge on any atom is 0.175 e. The normalized spacial score (nSPS) is 18.0. The molecule has 8 heteroatoms. The van der Waals surface area contributed by atoms with Gasteiger partial charge in [-0.15, -0.1) is 0 Å². The standard InChI is InChI=1S/C14H16N8/c1-11-4-17-21(7-11)12-2-3-20(8-12)13-5-15-6-14(19-13)22-10-16-9-18-22/h4-7,9-10,12H,2-3,8H2,1H3. The number of nitrogens with zero attached hydrogens (tertiary/aromatic N) is 8. The largest absolute Gasteiger partial charge is 0.353 e. The van der Waals surface area contributed by atoms with E-state index in [4.69, 9.17) is 0 Å². The molecule has 1 aliphatic heterocycles. The summed E-state index contributed by atoms with van der Waals surface area (Å²) in [6, 6.07) is 0.380. The van der Waals surface area contributed by atoms with Gasteiger partial charge in [0.05, 0.1) is 24.6 Å². The average Bonchev–Trinajstić information content (AvgIpc) is 3.28. The van der Waals surface area contributed by atoms with E-state index in [0.717, 1.165) is 25.3 Å². The van der Waals surface area contributed by atoms with Crippen molar-refractivity contribution < 1.29 is 0 Å². The van der Waals surface area contributed by atoms with Gasteiger partial charge in [-0.2, -0.15) is 10.2 Å². The Kier molecular flexibility index (Phi) is 3.06. The minimum absolute atomic E-state index is 0.380. The summed E-state index contributed by atoms with van der Waals surface area (Å²) in [4.78, 5) is 15.1. The second-order valence-corrected chi connectivity index (χ2v) is 5.46. The van der Waals surface area contributed by atoms with Crippen LogP contribution in [-0.4, -0.2) is 47.6 Å². The SMILES string of the molecule is Cc1cnn(C2CCN(c3cncc(-n4cncn4)n3)C2)c1. The molecule has 1 saturated heterocycles. The van der Waals surface area contributed by atoms with Crippen molar-refractivity contribution >= 4 is 5.82 Å². The summed E-state index contributed by atoms with van der Waals surface area (Å²) in [5.74, 6) is 1.53. The summed E-state index contributed by atoms with van der Waals surface area (Å²) in [7, 11) is 0. The Balaban J connectivity index is 1.55. The first-order chi connectivity index (χ1) is 10.8. The van der Waals surface area contributed by atoms with Gasteiger partial charge in [-0.05, 0) is 18.9 Å². The third-order valence-electron chi connectivity index (χ3n) is 3.85. The number of anilines is 1. The highest BCUT2D eigenvalue weighted by Gasteiger charge is 2.25. The minimum atomic E-state index is 0.380. The summed E-state index contributed by atoms with van der Waals surface area (Å²) in [5.41, 5.74) is 1.19. The van der Waals surface area contributed by atoms with E-state index in [-0.39, 0.29) is 0 Å². The minimum Gasteiger partial charge on any atom is -0.353 e. The van der Waals surface area contributed by atoms with E-state index in [1.165, 1.54) is 11.9 Å². The zero-order valence-corrected chi connectivity index (χ0v) is 12.2. The molecule has 8 nitrogen and oxygen atoms in total. The number of rotatable bonds is 3. The lowest BCUT2D eigenvalue weighted by Crippen LogP contribution is -2.22. The summed E-state index contributed by atoms with van der Waals surface area (Å²) >= 11 is 0. The lowest BCUT2D eigenvalue weighted by molar-refractivity contribution is 0.494. The summed E-state index contributed by atoms with van der Waals surface area (Å²) in [5, 5.41) is 8.51. The molecule has 0 saturated carbocycles. The Morgan fingerprint density at radius 2 is 2.00 bits per heavy atom. The molecule has 4 rings (SSSR count). The van der Waals surface area contributed by atoms with Crippen LogP contribution in [0.3, 0.4) is 0 Å². The topological polar surface area (TPSA) is 77.5 Å². The molecule has 0 N–H and O–H groups in total. The Morgan fingerprint density at radius 3 is 2.77 bits per heavy atom. The lowest BCUT2D eigenvalue weighted by atomic mass is 10.3. The van der Waals surface area contributed by atoms with E-state index in [9.17, 15) is 0 Å². The van der Waals surface area contributed by atoms with Crippen LogP contribution in [0.1, 0.15) is 18.0 Å². The van der Waals surface area contributed by atoms with E-state index in [1.807, 2.05) is 10.9 Å². The van der Waals surface area contributed by atoms with Crippen molar-refractivity contribution in [1.29, 1.82) is 0 Å². The monoisotopic (exact) mass is 296 g/mol. The second kappa shape index (κ2) is 5.21. The van der Waals surface area contributed by atoms with Crippen LogP contribution < -0.4 is 4.90 Å². The smallest absolute Gasteiger partial charge is 0.175 e. The van der Waals surface area contributed by atoms with E-state index in [1.54, 1.807) is 23.4 Å². The third-order valence-corrected chi connectivity index (χ3v) is 3.85. The number of aryl methyl sites for hydroxylation is 1. The van der Waals surface area contributed by atoms with Crippen LogP contribution in [0, 0.1) is 6.92 Å². The van der Waals surface area contributed by atoms with E-state index < -0.39 is 0 Å². The van der Waals surface area contributed by atoms with Crippen molar-refractivity contribution in [3.8, 4) is 5.82 Å². The Bertz CT molecular complexity index is 763. The molecule has 1 atom stereocenters. The Labute approximate surface area is 127 Å². The zero-order chi connectivity index (χ0) is 14.9. The zero-order valence-electron chi connectivity index (χ0n) is 12.2. The summed E-state index contributed by atoms with van der Waals surface area (Å²) in [6.45, 7) is 3.89. The number of aromatic nitrogens is 7. The van der Waals surface area contributed by atoms with Gasteiger partial charge in [0.2, 0.25) is 0 Å². The molecule has 112 valence electrons. The van der Waals surface area contributed by atoms with Crippen molar-refractivity contribution in [2.75, 3.05) is 18.0 Å². The molecule has 3 aromatic heterocycles. The molecule has 4 heterocycles. The molecule has 0 aromatic carbocycles. The van der Waals surface area contributed by atoms with Crippen LogP contribution in [0.15, 0.2) is 37.4 Å². The molecule has 0 radical (unpaired) electrons. The van der Waals surface area contributed by atoms with Crippen molar-refractivity contribution in [3.63, 3.8) is 0 Å². The molecule has 1 aliphatic rings. The van der Waals surface area contributed by atoms with E-state index >= 15 is 0 Å². The first kappa shape index (κ1) is 12.9. The molecule has 22 heavy (non-hydrogen) atoms. The van der Waals surface area contributed by atoms with Gasteiger partial charge in [0.1, 0.15) is 18.5 Å². The quantitative estimate of drug-likeness (QED) is 0.718. The predicted molar refractivity (Wildman–Crippen MR) is 79.8 cm³/mol. The van der Waals surface area contributed by atoms with Gasteiger partial charge < -0.3 is 4.90 Å². The van der Waals surface area contributed by atoms with Gasteiger partial charge in [0, 0.05) is 19.3 Å². The molecule has 1 fully saturated rings. The van der Waals surface area contributed by atoms with Gasteiger partial charge in [-0.25, -0.2) is 14.6 Å². The third kappa shape index (κ3) is 2.32. The highest BCUT2D eigenvalue weighted by Crippen LogP contribution is 2.25. The first-order valence-electron chi connectivity index (χ1n) is 7.22. The highest BCUT2D eigenvalue weighted by molar-refractivity contribution is 5.40. The van der Waals surface area contributed by atoms with E-state index in [0.29, 0.717) is 11.9 Å². The molecule has 0 spiro atoms. The molecular weight excluding hydrogens is 280 g/mol. The Hall–Kier alpha value is -2.77. The van der Waals surface area contributed by atoms with Crippen molar-refractivity contribution in [1.82, 2.24) is 34.5 Å². The fraction of sp³-hybridized carbons (Fsp3) is 0.357. The van der Waals surface area contributed by atoms with Crippen LogP contribution in [0.5, 0.6) is 0 Å². The van der Waals surface area contributed by atoms with Gasteiger partial charge in [0.25, 0.3) is 0 Å². The predicted octanol–water partition coefficient (Wildman–Crippen LogP) is 1.01. The lowest BCUT2D eigenvalue weighted by Gasteiger charge is -2.17. The Morgan fingerprint density at radius 1 is 1.09 bits per heavy atom. The van der Waals surface area contributed by atoms with Crippen LogP contribution >= 0.6 is 0 Å².